The standard InChI is InChI=1S/C27H29NO7/c1-17(15-22(29)24-25(30)23(33-4)13-14-28-24)27(31)34-18(2)26(35-20-10-6-5-7-11-20)19-9-8-12-21(16-19)32-3/h5-14,16-18,26,30H,15H2,1-4H3/t17-,18+,26+/m1/s1. The van der Waals surface area contributed by atoms with Crippen molar-refractivity contribution in [2.75, 3.05) is 14.2 Å². The predicted molar refractivity (Wildman–Crippen MR) is 129 cm³/mol. The number of hydrogen-bond donors (Lipinski definition) is 1. The number of methoxy groups -OCH3 is 2. The van der Waals surface area contributed by atoms with Gasteiger partial charge in [-0.05, 0) is 36.8 Å². The van der Waals surface area contributed by atoms with Crippen molar-refractivity contribution in [1.82, 2.24) is 4.98 Å². The molecule has 1 N–H and O–H groups in total. The van der Waals surface area contributed by atoms with E-state index in [2.05, 4.69) is 4.98 Å². The molecular weight excluding hydrogens is 450 g/mol. The van der Waals surface area contributed by atoms with Gasteiger partial charge in [0, 0.05) is 18.7 Å². The zero-order valence-corrected chi connectivity index (χ0v) is 20.1. The highest BCUT2D eigenvalue weighted by Gasteiger charge is 2.29. The fourth-order valence-electron chi connectivity index (χ4n) is 3.52. The molecule has 0 bridgehead atoms. The Labute approximate surface area is 204 Å². The van der Waals surface area contributed by atoms with Crippen LogP contribution in [0.1, 0.15) is 42.4 Å². The molecule has 184 valence electrons. The van der Waals surface area contributed by atoms with Gasteiger partial charge in [-0.1, -0.05) is 37.3 Å². The summed E-state index contributed by atoms with van der Waals surface area (Å²) in [6.07, 6.45) is -0.141. The van der Waals surface area contributed by atoms with Crippen molar-refractivity contribution >= 4 is 11.8 Å². The summed E-state index contributed by atoms with van der Waals surface area (Å²) in [5, 5.41) is 10.2. The minimum absolute atomic E-state index is 0.131. The van der Waals surface area contributed by atoms with Crippen LogP contribution in [0.3, 0.4) is 0 Å². The summed E-state index contributed by atoms with van der Waals surface area (Å²) in [7, 11) is 2.95. The molecule has 0 aliphatic rings. The topological polar surface area (TPSA) is 104 Å². The van der Waals surface area contributed by atoms with Crippen LogP contribution in [0.15, 0.2) is 66.9 Å². The first-order valence-corrected chi connectivity index (χ1v) is 11.1. The quantitative estimate of drug-likeness (QED) is 0.310. The Morgan fingerprint density at radius 3 is 2.34 bits per heavy atom. The van der Waals surface area contributed by atoms with Gasteiger partial charge in [0.05, 0.1) is 20.1 Å². The SMILES string of the molecule is COc1cccc([C@@H](Oc2ccccc2)[C@H](C)OC(=O)[C@H](C)CC(=O)c2nccc(OC)c2O)c1. The maximum absolute atomic E-state index is 12.9. The number of carbonyl (C=O) groups excluding carboxylic acids is 2. The molecule has 1 heterocycles. The van der Waals surface area contributed by atoms with E-state index >= 15 is 0 Å². The molecule has 0 spiro atoms. The molecule has 0 unspecified atom stereocenters. The van der Waals surface area contributed by atoms with Crippen molar-refractivity contribution < 1.29 is 33.6 Å². The van der Waals surface area contributed by atoms with Crippen molar-refractivity contribution in [3.63, 3.8) is 0 Å². The maximum Gasteiger partial charge on any atom is 0.309 e. The van der Waals surface area contributed by atoms with Crippen LogP contribution in [0.5, 0.6) is 23.0 Å². The molecule has 0 saturated carbocycles. The van der Waals surface area contributed by atoms with E-state index in [1.165, 1.54) is 19.4 Å². The number of benzene rings is 2. The third-order valence-electron chi connectivity index (χ3n) is 5.42. The van der Waals surface area contributed by atoms with E-state index in [0.29, 0.717) is 11.5 Å². The maximum atomic E-state index is 12.9. The van der Waals surface area contributed by atoms with Gasteiger partial charge < -0.3 is 24.1 Å². The first-order chi connectivity index (χ1) is 16.8. The molecule has 0 aliphatic heterocycles. The monoisotopic (exact) mass is 479 g/mol. The van der Waals surface area contributed by atoms with Gasteiger partial charge in [-0.3, -0.25) is 9.59 Å². The molecular formula is C27H29NO7. The van der Waals surface area contributed by atoms with Crippen molar-refractivity contribution in [3.05, 3.63) is 78.1 Å². The third kappa shape index (κ3) is 6.50. The van der Waals surface area contributed by atoms with Crippen LogP contribution >= 0.6 is 0 Å². The van der Waals surface area contributed by atoms with Gasteiger partial charge in [-0.25, -0.2) is 4.98 Å². The number of aromatic nitrogens is 1. The van der Waals surface area contributed by atoms with E-state index in [-0.39, 0.29) is 23.6 Å². The van der Waals surface area contributed by atoms with Gasteiger partial charge in [-0.2, -0.15) is 0 Å². The number of Topliss-reactive ketones (excluding diaryl/α,β-unsaturated/α-hetero) is 1. The molecule has 0 aliphatic carbocycles. The van der Waals surface area contributed by atoms with Gasteiger partial charge in [0.25, 0.3) is 0 Å². The molecule has 8 heteroatoms. The first-order valence-electron chi connectivity index (χ1n) is 11.1. The van der Waals surface area contributed by atoms with Crippen molar-refractivity contribution in [2.45, 2.75) is 32.5 Å². The average Bonchev–Trinajstić information content (AvgIpc) is 2.87. The van der Waals surface area contributed by atoms with Crippen molar-refractivity contribution in [1.29, 1.82) is 0 Å². The average molecular weight is 480 g/mol. The molecule has 0 radical (unpaired) electrons. The van der Waals surface area contributed by atoms with E-state index in [1.807, 2.05) is 54.6 Å². The lowest BCUT2D eigenvalue weighted by Crippen LogP contribution is -2.30. The van der Waals surface area contributed by atoms with Crippen LogP contribution in [-0.2, 0) is 9.53 Å². The minimum Gasteiger partial charge on any atom is -0.503 e. The Hall–Kier alpha value is -4.07. The molecule has 35 heavy (non-hydrogen) atoms. The van der Waals surface area contributed by atoms with Crippen LogP contribution in [0, 0.1) is 5.92 Å². The number of esters is 1. The largest absolute Gasteiger partial charge is 0.503 e. The number of para-hydroxylation sites is 1. The predicted octanol–water partition coefficient (Wildman–Crippen LogP) is 4.77. The first kappa shape index (κ1) is 25.6. The molecule has 0 fully saturated rings. The van der Waals surface area contributed by atoms with Crippen LogP contribution in [0.2, 0.25) is 0 Å². The highest BCUT2D eigenvalue weighted by molar-refractivity contribution is 5.99. The summed E-state index contributed by atoms with van der Waals surface area (Å²) < 4.78 is 22.2. The Morgan fingerprint density at radius 2 is 1.66 bits per heavy atom. The second-order valence-corrected chi connectivity index (χ2v) is 8.01. The summed E-state index contributed by atoms with van der Waals surface area (Å²) in [5.74, 6) is -0.811. The highest BCUT2D eigenvalue weighted by Crippen LogP contribution is 2.31. The molecule has 2 aromatic carbocycles. The Kier molecular flexibility index (Phi) is 8.67. The second kappa shape index (κ2) is 11.9. The van der Waals surface area contributed by atoms with Gasteiger partial charge in [0.2, 0.25) is 0 Å². The van der Waals surface area contributed by atoms with Gasteiger partial charge in [0.1, 0.15) is 17.6 Å². The number of hydrogen-bond acceptors (Lipinski definition) is 8. The van der Waals surface area contributed by atoms with Gasteiger partial charge in [0.15, 0.2) is 29.1 Å². The number of aromatic hydroxyl groups is 1. The zero-order chi connectivity index (χ0) is 25.4. The highest BCUT2D eigenvalue weighted by atomic mass is 16.6. The summed E-state index contributed by atoms with van der Waals surface area (Å²) in [6, 6.07) is 18.0. The summed E-state index contributed by atoms with van der Waals surface area (Å²) in [4.78, 5) is 29.5. The van der Waals surface area contributed by atoms with Crippen LogP contribution in [0.4, 0.5) is 0 Å². The molecule has 8 nitrogen and oxygen atoms in total. The molecule has 0 amide bonds. The fraction of sp³-hybridized carbons (Fsp3) is 0.296. The van der Waals surface area contributed by atoms with E-state index < -0.39 is 29.9 Å². The fourth-order valence-corrected chi connectivity index (χ4v) is 3.52. The summed E-state index contributed by atoms with van der Waals surface area (Å²) in [6.45, 7) is 3.32. The normalized spacial score (nSPS) is 13.3. The smallest absolute Gasteiger partial charge is 0.309 e. The molecule has 0 saturated heterocycles. The number of nitrogens with zero attached hydrogens (tertiary/aromatic N) is 1. The molecule has 3 rings (SSSR count). The zero-order valence-electron chi connectivity index (χ0n) is 20.1. The van der Waals surface area contributed by atoms with Crippen molar-refractivity contribution in [2.24, 2.45) is 5.92 Å². The second-order valence-electron chi connectivity index (χ2n) is 8.01. The Balaban J connectivity index is 1.74. The lowest BCUT2D eigenvalue weighted by molar-refractivity contribution is -0.157. The number of ketones is 1. The van der Waals surface area contributed by atoms with E-state index in [0.717, 1.165) is 5.56 Å². The lowest BCUT2D eigenvalue weighted by atomic mass is 10.0. The Morgan fingerprint density at radius 1 is 0.943 bits per heavy atom. The van der Waals surface area contributed by atoms with Gasteiger partial charge in [-0.15, -0.1) is 0 Å². The van der Waals surface area contributed by atoms with E-state index in [1.54, 1.807) is 21.0 Å². The molecule has 1 aromatic heterocycles. The molecule has 3 aromatic rings. The van der Waals surface area contributed by atoms with E-state index in [9.17, 15) is 14.7 Å². The molecule has 3 atom stereocenters. The van der Waals surface area contributed by atoms with Crippen LogP contribution in [-0.4, -0.2) is 42.2 Å². The third-order valence-corrected chi connectivity index (χ3v) is 5.42. The summed E-state index contributed by atoms with van der Waals surface area (Å²) >= 11 is 0. The van der Waals surface area contributed by atoms with Crippen LogP contribution < -0.4 is 14.2 Å². The number of ether oxygens (including phenoxy) is 4. The Bertz CT molecular complexity index is 1150. The van der Waals surface area contributed by atoms with E-state index in [4.69, 9.17) is 18.9 Å². The number of pyridine rings is 1. The summed E-state index contributed by atoms with van der Waals surface area (Å²) in [5.41, 5.74) is 0.612. The number of rotatable bonds is 11. The minimum atomic E-state index is -0.778. The lowest BCUT2D eigenvalue weighted by Gasteiger charge is -2.27. The number of carbonyl (C=O) groups is 2. The van der Waals surface area contributed by atoms with Crippen molar-refractivity contribution in [3.8, 4) is 23.0 Å². The van der Waals surface area contributed by atoms with Crippen LogP contribution in [0.25, 0.3) is 0 Å². The van der Waals surface area contributed by atoms with Gasteiger partial charge >= 0.3 is 5.97 Å².